The molecule has 0 aliphatic rings. The van der Waals surface area contributed by atoms with Crippen molar-refractivity contribution in [3.8, 4) is 0 Å². The maximum Gasteiger partial charge on any atom is 0.412 e. The highest BCUT2D eigenvalue weighted by atomic mass is 16.6. The first-order chi connectivity index (χ1) is 9.49. The first-order valence-electron chi connectivity index (χ1n) is 7.18. The number of ether oxygens (including phenoxy) is 3. The fraction of sp³-hybridized carbons (Fsp3) is 0.867. The number of rotatable bonds is 6. The second-order valence-electron chi connectivity index (χ2n) is 6.54. The molecule has 0 heterocycles. The van der Waals surface area contributed by atoms with Gasteiger partial charge in [0.15, 0.2) is 0 Å². The van der Waals surface area contributed by atoms with E-state index >= 15 is 0 Å². The lowest BCUT2D eigenvalue weighted by Crippen LogP contribution is -2.51. The topological polar surface area (TPSA) is 65.1 Å². The molecule has 0 aromatic heterocycles. The third kappa shape index (κ3) is 7.32. The van der Waals surface area contributed by atoms with E-state index in [1.165, 1.54) is 12.0 Å². The molecule has 0 aromatic rings. The maximum absolute atomic E-state index is 12.3. The number of amides is 1. The number of hydrogen-bond donors (Lipinski definition) is 0. The van der Waals surface area contributed by atoms with Gasteiger partial charge in [-0.2, -0.15) is 0 Å². The molecule has 0 saturated heterocycles. The minimum atomic E-state index is -0.748. The molecule has 6 nitrogen and oxygen atoms in total. The Hall–Kier alpha value is -1.30. The van der Waals surface area contributed by atoms with E-state index < -0.39 is 23.7 Å². The Morgan fingerprint density at radius 3 is 1.95 bits per heavy atom. The summed E-state index contributed by atoms with van der Waals surface area (Å²) in [6, 6.07) is -0.748. The fourth-order valence-corrected chi connectivity index (χ4v) is 1.77. The summed E-state index contributed by atoms with van der Waals surface area (Å²) in [5, 5.41) is 0. The van der Waals surface area contributed by atoms with Crippen molar-refractivity contribution in [1.82, 2.24) is 4.90 Å². The number of methoxy groups -OCH3 is 1. The zero-order valence-corrected chi connectivity index (χ0v) is 14.4. The second kappa shape index (κ2) is 8.22. The third-order valence-electron chi connectivity index (χ3n) is 2.46. The lowest BCUT2D eigenvalue weighted by molar-refractivity contribution is -0.157. The SMILES string of the molecule is COCN(C(=O)OC(C)(C)C)[C@H](C(=O)OC(C)C)C(C)C. The quantitative estimate of drug-likeness (QED) is 0.557. The second-order valence-corrected chi connectivity index (χ2v) is 6.54. The van der Waals surface area contributed by atoms with Gasteiger partial charge in [0, 0.05) is 7.11 Å². The molecule has 0 aliphatic carbocycles. The van der Waals surface area contributed by atoms with E-state index in [4.69, 9.17) is 14.2 Å². The van der Waals surface area contributed by atoms with Crippen LogP contribution in [0.2, 0.25) is 0 Å². The predicted octanol–water partition coefficient (Wildman–Crippen LogP) is 2.80. The lowest BCUT2D eigenvalue weighted by atomic mass is 10.0. The van der Waals surface area contributed by atoms with E-state index in [0.717, 1.165) is 0 Å². The van der Waals surface area contributed by atoms with Gasteiger partial charge in [-0.15, -0.1) is 0 Å². The number of carbonyl (C=O) groups is 2. The Kier molecular flexibility index (Phi) is 7.71. The highest BCUT2D eigenvalue weighted by molar-refractivity contribution is 5.81. The number of carbonyl (C=O) groups excluding carboxylic acids is 2. The van der Waals surface area contributed by atoms with E-state index in [1.54, 1.807) is 34.6 Å². The van der Waals surface area contributed by atoms with Crippen LogP contribution in [0, 0.1) is 5.92 Å². The number of nitrogens with zero attached hydrogens (tertiary/aromatic N) is 1. The van der Waals surface area contributed by atoms with Gasteiger partial charge < -0.3 is 14.2 Å². The van der Waals surface area contributed by atoms with Crippen LogP contribution in [-0.2, 0) is 19.0 Å². The first-order valence-corrected chi connectivity index (χ1v) is 7.18. The van der Waals surface area contributed by atoms with Gasteiger partial charge in [0.2, 0.25) is 0 Å². The Labute approximate surface area is 127 Å². The molecule has 0 unspecified atom stereocenters. The molecule has 124 valence electrons. The molecule has 0 N–H and O–H groups in total. The number of esters is 1. The smallest absolute Gasteiger partial charge is 0.412 e. The van der Waals surface area contributed by atoms with Gasteiger partial charge in [-0.05, 0) is 40.5 Å². The molecule has 1 amide bonds. The minimum Gasteiger partial charge on any atom is -0.461 e. The van der Waals surface area contributed by atoms with E-state index in [2.05, 4.69) is 0 Å². The molecule has 0 rings (SSSR count). The Balaban J connectivity index is 5.24. The Morgan fingerprint density at radius 1 is 1.10 bits per heavy atom. The predicted molar refractivity (Wildman–Crippen MR) is 79.8 cm³/mol. The van der Waals surface area contributed by atoms with Gasteiger partial charge in [0.1, 0.15) is 18.4 Å². The van der Waals surface area contributed by atoms with Crippen molar-refractivity contribution in [2.75, 3.05) is 13.8 Å². The summed E-state index contributed by atoms with van der Waals surface area (Å²) in [5.41, 5.74) is -0.646. The molecule has 0 aliphatic heterocycles. The summed E-state index contributed by atoms with van der Waals surface area (Å²) in [6.45, 7) is 12.5. The molecule has 0 spiro atoms. The molecule has 21 heavy (non-hydrogen) atoms. The van der Waals surface area contributed by atoms with E-state index in [-0.39, 0.29) is 18.8 Å². The van der Waals surface area contributed by atoms with Crippen molar-refractivity contribution in [3.63, 3.8) is 0 Å². The standard InChI is InChI=1S/C15H29NO5/c1-10(2)12(13(17)20-11(3)4)16(9-19-8)14(18)21-15(5,6)7/h10-12H,9H2,1-8H3/t12-/m0/s1. The van der Waals surface area contributed by atoms with Gasteiger partial charge in [0.25, 0.3) is 0 Å². The van der Waals surface area contributed by atoms with Crippen LogP contribution >= 0.6 is 0 Å². The normalized spacial score (nSPS) is 13.2. The van der Waals surface area contributed by atoms with Crippen molar-refractivity contribution >= 4 is 12.1 Å². The summed E-state index contributed by atoms with van der Waals surface area (Å²) in [5.74, 6) is -0.582. The van der Waals surface area contributed by atoms with Gasteiger partial charge in [-0.25, -0.2) is 9.59 Å². The first kappa shape index (κ1) is 19.7. The van der Waals surface area contributed by atoms with Gasteiger partial charge in [-0.1, -0.05) is 13.8 Å². The van der Waals surface area contributed by atoms with Crippen LogP contribution in [0.3, 0.4) is 0 Å². The average molecular weight is 303 g/mol. The lowest BCUT2D eigenvalue weighted by Gasteiger charge is -2.33. The molecule has 0 aromatic carbocycles. The van der Waals surface area contributed by atoms with Crippen molar-refractivity contribution in [2.24, 2.45) is 5.92 Å². The monoisotopic (exact) mass is 303 g/mol. The zero-order chi connectivity index (χ0) is 16.8. The van der Waals surface area contributed by atoms with Crippen molar-refractivity contribution in [1.29, 1.82) is 0 Å². The van der Waals surface area contributed by atoms with Crippen LogP contribution in [0.1, 0.15) is 48.5 Å². The minimum absolute atomic E-state index is 0.0368. The maximum atomic E-state index is 12.3. The highest BCUT2D eigenvalue weighted by Crippen LogP contribution is 2.18. The van der Waals surface area contributed by atoms with E-state index in [1.807, 2.05) is 13.8 Å². The molecule has 0 fully saturated rings. The van der Waals surface area contributed by atoms with Crippen LogP contribution in [0.4, 0.5) is 4.79 Å². The summed E-state index contributed by atoms with van der Waals surface area (Å²) in [4.78, 5) is 25.8. The van der Waals surface area contributed by atoms with Crippen LogP contribution in [-0.4, -0.2) is 48.5 Å². The van der Waals surface area contributed by atoms with E-state index in [0.29, 0.717) is 0 Å². The van der Waals surface area contributed by atoms with Gasteiger partial charge in [0.05, 0.1) is 6.10 Å². The van der Waals surface area contributed by atoms with Crippen LogP contribution < -0.4 is 0 Å². The van der Waals surface area contributed by atoms with Crippen LogP contribution in [0.5, 0.6) is 0 Å². The molecular formula is C15H29NO5. The van der Waals surface area contributed by atoms with Gasteiger partial charge in [-0.3, -0.25) is 4.90 Å². The molecule has 6 heteroatoms. The third-order valence-corrected chi connectivity index (χ3v) is 2.46. The zero-order valence-electron chi connectivity index (χ0n) is 14.4. The molecular weight excluding hydrogens is 274 g/mol. The number of hydrogen-bond acceptors (Lipinski definition) is 5. The fourth-order valence-electron chi connectivity index (χ4n) is 1.77. The Morgan fingerprint density at radius 2 is 1.62 bits per heavy atom. The molecule has 0 bridgehead atoms. The van der Waals surface area contributed by atoms with Crippen molar-refractivity contribution < 1.29 is 23.8 Å². The van der Waals surface area contributed by atoms with Crippen LogP contribution in [0.15, 0.2) is 0 Å². The van der Waals surface area contributed by atoms with Crippen molar-refractivity contribution in [3.05, 3.63) is 0 Å². The summed E-state index contributed by atoms with van der Waals surface area (Å²) in [7, 11) is 1.46. The summed E-state index contributed by atoms with van der Waals surface area (Å²) in [6.07, 6.45) is -0.842. The summed E-state index contributed by atoms with van der Waals surface area (Å²) < 4.78 is 15.6. The van der Waals surface area contributed by atoms with Crippen LogP contribution in [0.25, 0.3) is 0 Å². The molecule has 0 saturated carbocycles. The average Bonchev–Trinajstić information content (AvgIpc) is 2.24. The van der Waals surface area contributed by atoms with Gasteiger partial charge >= 0.3 is 12.1 Å². The highest BCUT2D eigenvalue weighted by Gasteiger charge is 2.36. The molecule has 1 atom stereocenters. The summed E-state index contributed by atoms with van der Waals surface area (Å²) >= 11 is 0. The van der Waals surface area contributed by atoms with E-state index in [9.17, 15) is 9.59 Å². The molecule has 0 radical (unpaired) electrons. The van der Waals surface area contributed by atoms with Crippen molar-refractivity contribution in [2.45, 2.75) is 66.2 Å². The Bertz CT molecular complexity index is 346. The largest absolute Gasteiger partial charge is 0.461 e.